The van der Waals surface area contributed by atoms with Crippen LogP contribution in [0.15, 0.2) is 60.7 Å². The molecule has 1 aliphatic heterocycles. The molecule has 2 aromatic carbocycles. The first-order valence-corrected chi connectivity index (χ1v) is 8.96. The van der Waals surface area contributed by atoms with Gasteiger partial charge in [-0.3, -0.25) is 0 Å². The molecule has 0 spiro atoms. The van der Waals surface area contributed by atoms with Gasteiger partial charge in [0.25, 0.3) is 5.17 Å². The summed E-state index contributed by atoms with van der Waals surface area (Å²) < 4.78 is 5.86. The molecule has 0 amide bonds. The second-order valence-electron chi connectivity index (χ2n) is 6.11. The highest BCUT2D eigenvalue weighted by Crippen LogP contribution is 2.32. The fraction of sp³-hybridized carbons (Fsp3) is 0.350. The molecule has 3 rings (SSSR count). The monoisotopic (exact) mass is 340 g/mol. The Kier molecular flexibility index (Phi) is 5.83. The average molecular weight is 340 g/mol. The summed E-state index contributed by atoms with van der Waals surface area (Å²) in [6, 6.07) is 21.7. The van der Waals surface area contributed by atoms with Gasteiger partial charge >= 0.3 is 0 Å². The van der Waals surface area contributed by atoms with Gasteiger partial charge in [-0.05, 0) is 30.3 Å². The predicted octanol–water partition coefficient (Wildman–Crippen LogP) is 3.46. The van der Waals surface area contributed by atoms with Crippen LogP contribution in [0.1, 0.15) is 30.4 Å². The van der Waals surface area contributed by atoms with E-state index >= 15 is 0 Å². The molecule has 0 aliphatic carbocycles. The van der Waals surface area contributed by atoms with Crippen LogP contribution < -0.4 is 10.6 Å². The Labute approximate surface area is 149 Å². The summed E-state index contributed by atoms with van der Waals surface area (Å²) in [4.78, 5) is 0. The summed E-state index contributed by atoms with van der Waals surface area (Å²) in [7, 11) is 0. The van der Waals surface area contributed by atoms with Crippen LogP contribution in [0.5, 0.6) is 0 Å². The molecule has 1 fully saturated rings. The highest BCUT2D eigenvalue weighted by Gasteiger charge is 2.33. The minimum Gasteiger partial charge on any atom is -0.466 e. The van der Waals surface area contributed by atoms with Crippen LogP contribution in [0.3, 0.4) is 0 Å². The predicted molar refractivity (Wildman–Crippen MR) is 102 cm³/mol. The zero-order chi connectivity index (χ0) is 16.8. The fourth-order valence-electron chi connectivity index (χ4n) is 3.39. The zero-order valence-corrected chi connectivity index (χ0v) is 14.8. The van der Waals surface area contributed by atoms with Gasteiger partial charge in [0, 0.05) is 31.5 Å². The van der Waals surface area contributed by atoms with Crippen molar-refractivity contribution in [3.8, 4) is 0 Å². The zero-order valence-electron chi connectivity index (χ0n) is 13.9. The summed E-state index contributed by atoms with van der Waals surface area (Å²) >= 11 is 5.22. The van der Waals surface area contributed by atoms with Crippen molar-refractivity contribution in [3.63, 3.8) is 0 Å². The van der Waals surface area contributed by atoms with E-state index in [1.165, 1.54) is 11.1 Å². The number of hydrogen-bond donors (Lipinski definition) is 2. The number of rotatable bonds is 5. The third-order valence-corrected chi connectivity index (χ3v) is 4.68. The molecule has 3 nitrogen and oxygen atoms in total. The third kappa shape index (κ3) is 4.13. The summed E-state index contributed by atoms with van der Waals surface area (Å²) in [6.07, 6.45) is 1.07. The van der Waals surface area contributed by atoms with Crippen molar-refractivity contribution in [1.29, 1.82) is 0 Å². The smallest absolute Gasteiger partial charge is 0.256 e. The lowest BCUT2D eigenvalue weighted by Crippen LogP contribution is -2.30. The van der Waals surface area contributed by atoms with E-state index in [0.29, 0.717) is 17.1 Å². The molecule has 1 heterocycles. The minimum absolute atomic E-state index is 0.122. The maximum Gasteiger partial charge on any atom is 0.256 e. The van der Waals surface area contributed by atoms with E-state index < -0.39 is 0 Å². The van der Waals surface area contributed by atoms with Crippen molar-refractivity contribution in [3.05, 3.63) is 71.8 Å². The molecule has 1 saturated heterocycles. The maximum absolute atomic E-state index is 5.86. The molecule has 0 radical (unpaired) electrons. The molecule has 1 aliphatic rings. The summed E-state index contributed by atoms with van der Waals surface area (Å²) in [5, 5.41) is 7.20. The van der Waals surface area contributed by atoms with Crippen LogP contribution in [0, 0.1) is 0 Å². The van der Waals surface area contributed by atoms with E-state index in [0.717, 1.165) is 19.5 Å². The topological polar surface area (TPSA) is 33.3 Å². The molecule has 24 heavy (non-hydrogen) atoms. The van der Waals surface area contributed by atoms with Gasteiger partial charge in [0.2, 0.25) is 0 Å². The van der Waals surface area contributed by atoms with E-state index in [9.17, 15) is 0 Å². The average Bonchev–Trinajstić information content (AvgIpc) is 3.05. The summed E-state index contributed by atoms with van der Waals surface area (Å²) in [5.41, 5.74) is 2.66. The molecule has 2 atom stereocenters. The third-order valence-electron chi connectivity index (χ3n) is 4.44. The van der Waals surface area contributed by atoms with Gasteiger partial charge in [-0.1, -0.05) is 60.7 Å². The van der Waals surface area contributed by atoms with Crippen LogP contribution in [-0.2, 0) is 4.74 Å². The number of ether oxygens (including phenoxy) is 1. The molecule has 2 aromatic rings. The van der Waals surface area contributed by atoms with Gasteiger partial charge in [0.1, 0.15) is 6.10 Å². The lowest BCUT2D eigenvalue weighted by molar-refractivity contribution is 0.202. The Morgan fingerprint density at radius 2 is 1.71 bits per heavy atom. The van der Waals surface area contributed by atoms with Crippen LogP contribution in [0.2, 0.25) is 0 Å². The molecule has 2 N–H and O–H groups in total. The Hall–Kier alpha value is -1.91. The Bertz CT molecular complexity index is 608. The van der Waals surface area contributed by atoms with Crippen LogP contribution >= 0.6 is 12.2 Å². The van der Waals surface area contributed by atoms with E-state index in [-0.39, 0.29) is 6.10 Å². The minimum atomic E-state index is 0.122. The lowest BCUT2D eigenvalue weighted by atomic mass is 9.84. The second kappa shape index (κ2) is 8.27. The molecule has 0 saturated carbocycles. The lowest BCUT2D eigenvalue weighted by Gasteiger charge is -2.25. The van der Waals surface area contributed by atoms with Crippen LogP contribution in [-0.4, -0.2) is 30.4 Å². The van der Waals surface area contributed by atoms with Gasteiger partial charge in [0.05, 0.1) is 0 Å². The van der Waals surface area contributed by atoms with Crippen LogP contribution in [0.25, 0.3) is 0 Å². The molecule has 126 valence electrons. The first-order chi connectivity index (χ1) is 11.8. The SMILES string of the molecule is CCNC(=S)O[C@@H]1CN[C@H](C(c2ccccc2)c2ccccc2)C1. The van der Waals surface area contributed by atoms with Crippen LogP contribution in [0.4, 0.5) is 0 Å². The number of hydrogen-bond acceptors (Lipinski definition) is 3. The van der Waals surface area contributed by atoms with E-state index in [1.54, 1.807) is 0 Å². The highest BCUT2D eigenvalue weighted by molar-refractivity contribution is 7.80. The fourth-order valence-corrected chi connectivity index (χ4v) is 3.67. The van der Waals surface area contributed by atoms with Crippen molar-refractivity contribution in [2.75, 3.05) is 13.1 Å². The molecular weight excluding hydrogens is 316 g/mol. The van der Waals surface area contributed by atoms with Gasteiger partial charge in [-0.15, -0.1) is 0 Å². The quantitative estimate of drug-likeness (QED) is 0.817. The van der Waals surface area contributed by atoms with Gasteiger partial charge in [-0.2, -0.15) is 0 Å². The second-order valence-corrected chi connectivity index (χ2v) is 6.48. The van der Waals surface area contributed by atoms with Gasteiger partial charge in [-0.25, -0.2) is 0 Å². The van der Waals surface area contributed by atoms with E-state index in [1.807, 2.05) is 6.92 Å². The summed E-state index contributed by atoms with van der Waals surface area (Å²) in [6.45, 7) is 3.64. The first kappa shape index (κ1) is 16.9. The number of nitrogens with one attached hydrogen (secondary N) is 2. The van der Waals surface area contributed by atoms with Crippen molar-refractivity contribution in [2.45, 2.75) is 31.4 Å². The normalized spacial score (nSPS) is 20.1. The Balaban J connectivity index is 1.77. The highest BCUT2D eigenvalue weighted by atomic mass is 32.1. The number of thiocarbonyl (C=S) groups is 1. The molecule has 0 bridgehead atoms. The van der Waals surface area contributed by atoms with E-state index in [4.69, 9.17) is 17.0 Å². The molecule has 0 unspecified atom stereocenters. The van der Waals surface area contributed by atoms with Crippen molar-refractivity contribution in [1.82, 2.24) is 10.6 Å². The largest absolute Gasteiger partial charge is 0.466 e. The molecule has 0 aromatic heterocycles. The molecule has 4 heteroatoms. The Morgan fingerprint density at radius 1 is 1.12 bits per heavy atom. The van der Waals surface area contributed by atoms with Crippen molar-refractivity contribution < 1.29 is 4.74 Å². The van der Waals surface area contributed by atoms with Gasteiger partial charge < -0.3 is 15.4 Å². The van der Waals surface area contributed by atoms with E-state index in [2.05, 4.69) is 71.3 Å². The molecular formula is C20H24N2OS. The number of benzene rings is 2. The standard InChI is InChI=1S/C20H24N2OS/c1-2-21-20(24)23-17-13-18(22-14-17)19(15-9-5-3-6-10-15)16-11-7-4-8-12-16/h3-12,17-19,22H,2,13-14H2,1H3,(H,21,24)/t17-,18-/m0/s1. The first-order valence-electron chi connectivity index (χ1n) is 8.55. The Morgan fingerprint density at radius 3 is 2.25 bits per heavy atom. The van der Waals surface area contributed by atoms with Crippen molar-refractivity contribution >= 4 is 17.4 Å². The maximum atomic E-state index is 5.86. The van der Waals surface area contributed by atoms with Gasteiger partial charge in [0.15, 0.2) is 0 Å². The van der Waals surface area contributed by atoms with Crippen molar-refractivity contribution in [2.24, 2.45) is 0 Å². The summed E-state index contributed by atoms with van der Waals surface area (Å²) in [5.74, 6) is 0.314.